The molecule has 11 rings (SSSR count). The van der Waals surface area contributed by atoms with E-state index in [9.17, 15) is 0 Å². The summed E-state index contributed by atoms with van der Waals surface area (Å²) in [5.74, 6) is 1.56. The third-order valence-corrected chi connectivity index (χ3v) is 11.0. The van der Waals surface area contributed by atoms with Crippen LogP contribution >= 0.6 is 0 Å². The maximum Gasteiger partial charge on any atom is 0.162 e. The zero-order valence-corrected chi connectivity index (χ0v) is 29.1. The number of fused-ring (bicyclic) bond motifs is 10. The number of hydrogen-bond donors (Lipinski definition) is 0. The first-order valence-corrected chi connectivity index (χ1v) is 18.0. The minimum atomic E-state index is 0.696. The minimum absolute atomic E-state index is 0.696. The van der Waals surface area contributed by atoms with Gasteiger partial charge < -0.3 is 4.40 Å². The van der Waals surface area contributed by atoms with Crippen molar-refractivity contribution in [1.82, 2.24) is 18.9 Å². The summed E-state index contributed by atoms with van der Waals surface area (Å²) in [7, 11) is 0. The third kappa shape index (κ3) is 4.24. The van der Waals surface area contributed by atoms with Gasteiger partial charge in [0.2, 0.25) is 0 Å². The number of benzene rings is 7. The number of aromatic nitrogens is 4. The molecule has 7 aromatic carbocycles. The van der Waals surface area contributed by atoms with Gasteiger partial charge in [-0.2, -0.15) is 0 Å². The van der Waals surface area contributed by atoms with E-state index in [1.807, 2.05) is 18.2 Å². The first-order chi connectivity index (χ1) is 26.2. The Labute approximate surface area is 305 Å². The molecule has 0 aliphatic heterocycles. The number of rotatable bonds is 5. The molecular weight excluding hydrogens is 645 g/mol. The van der Waals surface area contributed by atoms with Crippen molar-refractivity contribution in [2.24, 2.45) is 0 Å². The molecule has 4 nitrogen and oxygen atoms in total. The molecule has 0 aliphatic carbocycles. The molecule has 53 heavy (non-hydrogen) atoms. The second-order valence-corrected chi connectivity index (χ2v) is 13.9. The van der Waals surface area contributed by atoms with Crippen LogP contribution in [-0.2, 0) is 0 Å². The van der Waals surface area contributed by atoms with Gasteiger partial charge in [-0.15, -0.1) is 0 Å². The summed E-state index contributed by atoms with van der Waals surface area (Å²) in [5, 5.41) is 9.66. The lowest BCUT2D eigenvalue weighted by Crippen LogP contribution is -2.04. The Bertz CT molecular complexity index is 3290. The van der Waals surface area contributed by atoms with Gasteiger partial charge in [-0.1, -0.05) is 134 Å². The predicted octanol–water partition coefficient (Wildman–Crippen LogP) is 12.7. The van der Waals surface area contributed by atoms with E-state index in [0.29, 0.717) is 5.82 Å². The molecule has 0 aliphatic rings. The maximum absolute atomic E-state index is 5.43. The quantitative estimate of drug-likeness (QED) is 0.170. The molecule has 0 unspecified atom stereocenters. The molecule has 0 amide bonds. The van der Waals surface area contributed by atoms with Crippen molar-refractivity contribution in [3.63, 3.8) is 0 Å². The van der Waals surface area contributed by atoms with Crippen LogP contribution in [0.4, 0.5) is 0 Å². The Morgan fingerprint density at radius 2 is 1.23 bits per heavy atom. The van der Waals surface area contributed by atoms with Crippen molar-refractivity contribution in [2.75, 3.05) is 0 Å². The molecule has 0 radical (unpaired) electrons. The van der Waals surface area contributed by atoms with Crippen molar-refractivity contribution in [3.8, 4) is 28.3 Å². The van der Waals surface area contributed by atoms with Crippen LogP contribution in [0.25, 0.3) is 105 Å². The summed E-state index contributed by atoms with van der Waals surface area (Å²) in [4.78, 5) is 10.6. The van der Waals surface area contributed by atoms with Crippen LogP contribution in [0, 0.1) is 6.92 Å². The molecule has 0 bridgehead atoms. The van der Waals surface area contributed by atoms with E-state index in [1.54, 1.807) is 0 Å². The van der Waals surface area contributed by atoms with E-state index in [4.69, 9.17) is 9.97 Å². The molecule has 0 N–H and O–H groups in total. The molecule has 4 heterocycles. The highest BCUT2D eigenvalue weighted by molar-refractivity contribution is 6.33. The van der Waals surface area contributed by atoms with Gasteiger partial charge in [-0.25, -0.2) is 9.97 Å². The molecule has 0 fully saturated rings. The standard InChI is InChI=1S/C49H32N4/c1-3-4-18-36-30(2)52(49-38-20-10-12-21-41(38)50-48(51-49)33-25-23-32(24-26-33)31-14-6-5-7-15-31)44-29-39-37-19-11-13-22-42(37)53-43-28-35-17-9-8-16-34(35)27-40(43)46(45(36)44)47(39)53/h3-29H,1H2,2H3/b18-4-. The van der Waals surface area contributed by atoms with Crippen LogP contribution < -0.4 is 0 Å². The van der Waals surface area contributed by atoms with Gasteiger partial charge >= 0.3 is 0 Å². The molecule has 0 atom stereocenters. The Hall–Kier alpha value is -7.04. The van der Waals surface area contributed by atoms with Gasteiger partial charge in [0.15, 0.2) is 5.82 Å². The van der Waals surface area contributed by atoms with E-state index < -0.39 is 0 Å². The first-order valence-electron chi connectivity index (χ1n) is 18.0. The Morgan fingerprint density at radius 3 is 2.04 bits per heavy atom. The second-order valence-electron chi connectivity index (χ2n) is 13.9. The zero-order valence-electron chi connectivity index (χ0n) is 29.1. The van der Waals surface area contributed by atoms with E-state index >= 15 is 0 Å². The first kappa shape index (κ1) is 29.7. The Morgan fingerprint density at radius 1 is 0.547 bits per heavy atom. The lowest BCUT2D eigenvalue weighted by Gasteiger charge is -2.13. The van der Waals surface area contributed by atoms with E-state index in [-0.39, 0.29) is 0 Å². The van der Waals surface area contributed by atoms with Crippen molar-refractivity contribution >= 4 is 76.7 Å². The molecule has 0 saturated carbocycles. The van der Waals surface area contributed by atoms with Gasteiger partial charge in [-0.05, 0) is 65.2 Å². The van der Waals surface area contributed by atoms with Crippen molar-refractivity contribution < 1.29 is 0 Å². The molecule has 4 heteroatoms. The highest BCUT2D eigenvalue weighted by Crippen LogP contribution is 2.47. The van der Waals surface area contributed by atoms with Crippen LogP contribution in [0.5, 0.6) is 0 Å². The highest BCUT2D eigenvalue weighted by Gasteiger charge is 2.26. The van der Waals surface area contributed by atoms with Crippen molar-refractivity contribution in [1.29, 1.82) is 0 Å². The number of hydrogen-bond acceptors (Lipinski definition) is 2. The fourth-order valence-corrected chi connectivity index (χ4v) is 8.61. The Kier molecular flexibility index (Phi) is 6.29. The second kappa shape index (κ2) is 11.2. The average molecular weight is 677 g/mol. The van der Waals surface area contributed by atoms with Gasteiger partial charge in [0.05, 0.1) is 27.6 Å². The number of nitrogens with zero attached hydrogens (tertiary/aromatic N) is 4. The molecule has 0 saturated heterocycles. The van der Waals surface area contributed by atoms with Crippen LogP contribution in [0.15, 0.2) is 164 Å². The van der Waals surface area contributed by atoms with E-state index in [0.717, 1.165) is 44.6 Å². The molecule has 4 aromatic heterocycles. The van der Waals surface area contributed by atoms with E-state index in [2.05, 4.69) is 168 Å². The minimum Gasteiger partial charge on any atom is -0.308 e. The molecule has 248 valence electrons. The van der Waals surface area contributed by atoms with Gasteiger partial charge in [0, 0.05) is 49.1 Å². The summed E-state index contributed by atoms with van der Waals surface area (Å²) >= 11 is 0. The van der Waals surface area contributed by atoms with Gasteiger partial charge in [0.25, 0.3) is 0 Å². The van der Waals surface area contributed by atoms with Crippen molar-refractivity contribution in [2.45, 2.75) is 6.92 Å². The van der Waals surface area contributed by atoms with Crippen LogP contribution in [0.3, 0.4) is 0 Å². The summed E-state index contributed by atoms with van der Waals surface area (Å²) in [6.45, 7) is 6.26. The lowest BCUT2D eigenvalue weighted by molar-refractivity contribution is 0.995. The normalized spacial score (nSPS) is 12.2. The average Bonchev–Trinajstić information content (AvgIpc) is 3.82. The SMILES string of the molecule is C=C/C=C\c1c(C)n(-c2nc(-c3ccc(-c4ccccc4)cc3)nc3ccccc23)c2cc3c4ccccc4n4c5cc6ccccc6cc5c(c12)c34. The monoisotopic (exact) mass is 676 g/mol. The maximum atomic E-state index is 5.43. The Balaban J connectivity index is 1.27. The molecule has 0 spiro atoms. The molecule has 11 aromatic rings. The summed E-state index contributed by atoms with van der Waals surface area (Å²) in [5.41, 5.74) is 11.3. The van der Waals surface area contributed by atoms with Gasteiger partial charge in [0.1, 0.15) is 5.82 Å². The van der Waals surface area contributed by atoms with Crippen LogP contribution in [-0.4, -0.2) is 18.9 Å². The smallest absolute Gasteiger partial charge is 0.162 e. The predicted molar refractivity (Wildman–Crippen MR) is 223 cm³/mol. The number of para-hydroxylation sites is 2. The van der Waals surface area contributed by atoms with Gasteiger partial charge in [-0.3, -0.25) is 4.57 Å². The summed E-state index contributed by atoms with van der Waals surface area (Å²) in [6.07, 6.45) is 6.12. The molecular formula is C49H32N4. The highest BCUT2D eigenvalue weighted by atomic mass is 15.1. The third-order valence-electron chi connectivity index (χ3n) is 11.0. The van der Waals surface area contributed by atoms with Crippen LogP contribution in [0.1, 0.15) is 11.3 Å². The van der Waals surface area contributed by atoms with Crippen LogP contribution in [0.2, 0.25) is 0 Å². The van der Waals surface area contributed by atoms with E-state index in [1.165, 1.54) is 59.8 Å². The number of allylic oxidation sites excluding steroid dienone is 2. The van der Waals surface area contributed by atoms with Crippen molar-refractivity contribution in [3.05, 3.63) is 176 Å². The fraction of sp³-hybridized carbons (Fsp3) is 0.0204. The largest absolute Gasteiger partial charge is 0.308 e. The summed E-state index contributed by atoms with van der Waals surface area (Å²) < 4.78 is 4.84. The lowest BCUT2D eigenvalue weighted by atomic mass is 9.99. The summed E-state index contributed by atoms with van der Waals surface area (Å²) in [6, 6.07) is 52.0. The zero-order chi connectivity index (χ0) is 35.2. The topological polar surface area (TPSA) is 35.1 Å². The fourth-order valence-electron chi connectivity index (χ4n) is 8.61.